The van der Waals surface area contributed by atoms with Crippen molar-refractivity contribution in [3.05, 3.63) is 12.0 Å². The molecule has 0 aromatic heterocycles. The third-order valence-electron chi connectivity index (χ3n) is 2.72. The fourth-order valence-electron chi connectivity index (χ4n) is 1.80. The van der Waals surface area contributed by atoms with Gasteiger partial charge in [-0.25, -0.2) is 4.79 Å². The fraction of sp³-hybridized carbons (Fsp3) is 0.636. The molecule has 0 aromatic rings. The van der Waals surface area contributed by atoms with Gasteiger partial charge in [0, 0.05) is 6.54 Å². The Bertz CT molecular complexity index is 367. The van der Waals surface area contributed by atoms with Crippen molar-refractivity contribution in [2.75, 3.05) is 40.1 Å². The van der Waals surface area contributed by atoms with E-state index in [1.807, 2.05) is 0 Å². The van der Waals surface area contributed by atoms with E-state index in [0.717, 1.165) is 0 Å². The first-order chi connectivity index (χ1) is 8.74. The number of hydrogen-bond acceptors (Lipinski definition) is 6. The lowest BCUT2D eigenvalue weighted by atomic mass is 10.2. The lowest BCUT2D eigenvalue weighted by Crippen LogP contribution is -2.53. The van der Waals surface area contributed by atoms with Crippen molar-refractivity contribution in [2.24, 2.45) is 0 Å². The first-order valence-corrected chi connectivity index (χ1v) is 5.65. The van der Waals surface area contributed by atoms with E-state index in [-0.39, 0.29) is 18.3 Å². The second kappa shape index (κ2) is 5.72. The van der Waals surface area contributed by atoms with Gasteiger partial charge in [0.15, 0.2) is 6.04 Å². The summed E-state index contributed by atoms with van der Waals surface area (Å²) in [7, 11) is 1.28. The maximum Gasteiger partial charge on any atom is 0.331 e. The summed E-state index contributed by atoms with van der Waals surface area (Å²) < 4.78 is 20.1. The van der Waals surface area contributed by atoms with Crippen molar-refractivity contribution in [2.45, 2.75) is 6.04 Å². The highest BCUT2D eigenvalue weighted by atomic mass is 16.6. The lowest BCUT2D eigenvalue weighted by Gasteiger charge is -2.34. The third-order valence-corrected chi connectivity index (χ3v) is 2.72. The molecule has 2 aliphatic heterocycles. The molecule has 1 amide bonds. The molecule has 0 saturated carbocycles. The van der Waals surface area contributed by atoms with Gasteiger partial charge in [-0.15, -0.1) is 0 Å². The number of nitrogens with zero attached hydrogens (tertiary/aromatic N) is 1. The largest absolute Gasteiger partial charge is 0.494 e. The van der Waals surface area contributed by atoms with E-state index in [1.54, 1.807) is 0 Å². The van der Waals surface area contributed by atoms with Crippen LogP contribution in [0.15, 0.2) is 12.0 Å². The Kier molecular flexibility index (Phi) is 4.03. The number of ether oxygens (including phenoxy) is 4. The number of carbonyl (C=O) groups excluding carboxylic acids is 2. The third kappa shape index (κ3) is 2.56. The molecule has 0 aliphatic carbocycles. The van der Waals surface area contributed by atoms with Crippen molar-refractivity contribution in [3.63, 3.8) is 0 Å². The Morgan fingerprint density at radius 3 is 2.89 bits per heavy atom. The van der Waals surface area contributed by atoms with Gasteiger partial charge in [0.2, 0.25) is 5.76 Å². The summed E-state index contributed by atoms with van der Waals surface area (Å²) in [6.07, 6.45) is 1.27. The number of hydrogen-bond donors (Lipinski definition) is 0. The van der Waals surface area contributed by atoms with E-state index < -0.39 is 12.0 Å². The van der Waals surface area contributed by atoms with Crippen LogP contribution in [0.2, 0.25) is 0 Å². The molecule has 7 heteroatoms. The molecule has 2 aliphatic rings. The van der Waals surface area contributed by atoms with Crippen molar-refractivity contribution in [1.82, 2.24) is 4.90 Å². The van der Waals surface area contributed by atoms with E-state index in [9.17, 15) is 9.59 Å². The van der Waals surface area contributed by atoms with E-state index in [1.165, 1.54) is 18.3 Å². The van der Waals surface area contributed by atoms with Gasteiger partial charge in [0.05, 0.1) is 20.3 Å². The monoisotopic (exact) mass is 257 g/mol. The Balaban J connectivity index is 2.10. The second-order valence-corrected chi connectivity index (χ2v) is 3.81. The normalized spacial score (nSPS) is 23.5. The summed E-state index contributed by atoms with van der Waals surface area (Å²) in [5.41, 5.74) is 0. The molecule has 1 unspecified atom stereocenters. The van der Waals surface area contributed by atoms with Gasteiger partial charge in [0.25, 0.3) is 5.91 Å². The maximum absolute atomic E-state index is 12.2. The predicted octanol–water partition coefficient (Wildman–Crippen LogP) is -0.725. The van der Waals surface area contributed by atoms with Crippen LogP contribution in [0.3, 0.4) is 0 Å². The molecule has 0 N–H and O–H groups in total. The second-order valence-electron chi connectivity index (χ2n) is 3.81. The molecule has 2 heterocycles. The van der Waals surface area contributed by atoms with Crippen LogP contribution in [-0.2, 0) is 28.5 Å². The van der Waals surface area contributed by atoms with Gasteiger partial charge in [-0.05, 0) is 0 Å². The zero-order valence-electron chi connectivity index (χ0n) is 10.1. The molecule has 7 nitrogen and oxygen atoms in total. The van der Waals surface area contributed by atoms with Crippen LogP contribution < -0.4 is 0 Å². The zero-order valence-corrected chi connectivity index (χ0v) is 10.1. The van der Waals surface area contributed by atoms with Gasteiger partial charge in [-0.2, -0.15) is 0 Å². The minimum atomic E-state index is -0.734. The minimum Gasteiger partial charge on any atom is -0.494 e. The van der Waals surface area contributed by atoms with Crippen LogP contribution in [-0.4, -0.2) is 62.9 Å². The van der Waals surface area contributed by atoms with Crippen molar-refractivity contribution < 1.29 is 28.5 Å². The molecule has 0 bridgehead atoms. The summed E-state index contributed by atoms with van der Waals surface area (Å²) in [4.78, 5) is 25.1. The first kappa shape index (κ1) is 12.7. The highest BCUT2D eigenvalue weighted by molar-refractivity contribution is 5.94. The van der Waals surface area contributed by atoms with E-state index in [0.29, 0.717) is 26.4 Å². The highest BCUT2D eigenvalue weighted by Gasteiger charge is 2.36. The molecule has 0 aromatic carbocycles. The predicted molar refractivity (Wildman–Crippen MR) is 58.3 cm³/mol. The van der Waals surface area contributed by atoms with E-state index >= 15 is 0 Å². The van der Waals surface area contributed by atoms with Crippen LogP contribution in [0.4, 0.5) is 0 Å². The Hall–Kier alpha value is -1.76. The number of morpholine rings is 1. The van der Waals surface area contributed by atoms with Crippen LogP contribution >= 0.6 is 0 Å². The number of esters is 1. The van der Waals surface area contributed by atoms with Crippen LogP contribution in [0.25, 0.3) is 0 Å². The number of rotatable bonds is 2. The molecule has 100 valence electrons. The minimum absolute atomic E-state index is 0.108. The first-order valence-electron chi connectivity index (χ1n) is 5.65. The van der Waals surface area contributed by atoms with Gasteiger partial charge in [-0.3, -0.25) is 4.79 Å². The van der Waals surface area contributed by atoms with Crippen LogP contribution in [0, 0.1) is 0 Å². The Labute approximate surface area is 104 Å². The Morgan fingerprint density at radius 2 is 2.22 bits per heavy atom. The number of amides is 1. The Morgan fingerprint density at radius 1 is 1.39 bits per heavy atom. The van der Waals surface area contributed by atoms with Crippen LogP contribution in [0.1, 0.15) is 0 Å². The molecule has 0 radical (unpaired) electrons. The van der Waals surface area contributed by atoms with Gasteiger partial charge in [0.1, 0.15) is 19.5 Å². The molecular weight excluding hydrogens is 242 g/mol. The molecule has 1 atom stereocenters. The number of methoxy groups -OCH3 is 1. The smallest absolute Gasteiger partial charge is 0.331 e. The summed E-state index contributed by atoms with van der Waals surface area (Å²) in [6.45, 7) is 1.57. The quantitative estimate of drug-likeness (QED) is 0.607. The summed E-state index contributed by atoms with van der Waals surface area (Å²) in [6, 6.07) is -0.734. The average Bonchev–Trinajstić information content (AvgIpc) is 2.46. The molecular formula is C11H15NO6. The van der Waals surface area contributed by atoms with Gasteiger partial charge < -0.3 is 23.8 Å². The summed E-state index contributed by atoms with van der Waals surface area (Å²) >= 11 is 0. The van der Waals surface area contributed by atoms with Crippen molar-refractivity contribution in [1.29, 1.82) is 0 Å². The standard InChI is InChI=1S/C11H15NO6/c1-15-11(14)8-6-16-3-2-12(8)10(13)9-7-17-4-5-18-9/h7-8H,2-6H2,1H3. The summed E-state index contributed by atoms with van der Waals surface area (Å²) in [5, 5.41) is 0. The molecule has 18 heavy (non-hydrogen) atoms. The average molecular weight is 257 g/mol. The molecule has 0 spiro atoms. The maximum atomic E-state index is 12.2. The van der Waals surface area contributed by atoms with Crippen LogP contribution in [0.5, 0.6) is 0 Å². The fourth-order valence-corrected chi connectivity index (χ4v) is 1.80. The van der Waals surface area contributed by atoms with E-state index in [4.69, 9.17) is 14.2 Å². The molecule has 1 fully saturated rings. The van der Waals surface area contributed by atoms with Crippen molar-refractivity contribution >= 4 is 11.9 Å². The SMILES string of the molecule is COC(=O)C1COCCN1C(=O)C1=COCCO1. The van der Waals surface area contributed by atoms with Gasteiger partial charge in [-0.1, -0.05) is 0 Å². The summed E-state index contributed by atoms with van der Waals surface area (Å²) in [5.74, 6) is -0.772. The lowest BCUT2D eigenvalue weighted by molar-refractivity contribution is -0.161. The topological polar surface area (TPSA) is 74.3 Å². The molecule has 2 rings (SSSR count). The van der Waals surface area contributed by atoms with Gasteiger partial charge >= 0.3 is 5.97 Å². The van der Waals surface area contributed by atoms with E-state index in [2.05, 4.69) is 4.74 Å². The molecule has 1 saturated heterocycles. The highest BCUT2D eigenvalue weighted by Crippen LogP contribution is 2.15. The zero-order chi connectivity index (χ0) is 13.0. The van der Waals surface area contributed by atoms with Crippen molar-refractivity contribution in [3.8, 4) is 0 Å². The number of carbonyl (C=O) groups is 2.